The Balaban J connectivity index is 3.72. The summed E-state index contributed by atoms with van der Waals surface area (Å²) in [6, 6.07) is 0. The summed E-state index contributed by atoms with van der Waals surface area (Å²) in [6.45, 7) is 0. The Labute approximate surface area is 146 Å². The van der Waals surface area contributed by atoms with E-state index < -0.39 is 41.5 Å². The fourth-order valence-electron chi connectivity index (χ4n) is 2.03. The molecule has 0 aliphatic rings. The van der Waals surface area contributed by atoms with Crippen LogP contribution in [0.1, 0.15) is 57.8 Å². The van der Waals surface area contributed by atoms with Crippen molar-refractivity contribution in [2.75, 3.05) is 0 Å². The van der Waals surface area contributed by atoms with Crippen LogP contribution in [0, 0.1) is 0 Å². The molecule has 0 saturated heterocycles. The van der Waals surface area contributed by atoms with E-state index in [1.807, 2.05) is 0 Å². The molecule has 2 atom stereocenters. The highest BCUT2D eigenvalue weighted by atomic mass is 31.1. The summed E-state index contributed by atoms with van der Waals surface area (Å²) in [4.78, 5) is 0. The van der Waals surface area contributed by atoms with Gasteiger partial charge < -0.3 is 5.11 Å². The largest absolute Gasteiger partial charge is 0.376 e. The molecule has 0 aromatic carbocycles. The van der Waals surface area contributed by atoms with Crippen molar-refractivity contribution in [2.24, 2.45) is 0 Å². The maximum absolute atomic E-state index is 12.7. The molecule has 0 aromatic rings. The van der Waals surface area contributed by atoms with E-state index >= 15 is 0 Å². The third-order valence-electron chi connectivity index (χ3n) is 3.36. The summed E-state index contributed by atoms with van der Waals surface area (Å²) in [7, 11) is -1.32. The first-order chi connectivity index (χ1) is 11.8. The molecule has 0 aromatic heterocycles. The van der Waals surface area contributed by atoms with Crippen LogP contribution in [0.4, 0.5) is 17.6 Å². The van der Waals surface area contributed by atoms with Gasteiger partial charge in [0.1, 0.15) is 0 Å². The predicted octanol–water partition coefficient (Wildman–Crippen LogP) is 5.07. The number of hydrogen-bond donors (Lipinski definition) is 3. The summed E-state index contributed by atoms with van der Waals surface area (Å²) in [5.41, 5.74) is 0. The molecule has 13 heteroatoms. The molecule has 0 aliphatic heterocycles. The first kappa shape index (κ1) is 25.3. The van der Waals surface area contributed by atoms with Crippen LogP contribution in [-0.4, -0.2) is 33.1 Å². The van der Waals surface area contributed by atoms with Crippen molar-refractivity contribution in [2.45, 2.75) is 75.2 Å². The van der Waals surface area contributed by atoms with Gasteiger partial charge in [-0.25, -0.2) is 28.1 Å². The first-order valence-electron chi connectivity index (χ1n) is 7.64. The van der Waals surface area contributed by atoms with Crippen LogP contribution in [-0.2, 0) is 19.4 Å². The van der Waals surface area contributed by atoms with Gasteiger partial charge in [0.15, 0.2) is 5.08 Å². The Kier molecular flexibility index (Phi) is 14.5. The topological polar surface area (TPSA) is 97.6 Å². The number of halogens is 4. The Hall–Kier alpha value is 0.300. The van der Waals surface area contributed by atoms with Gasteiger partial charge in [-0.15, -0.1) is 0 Å². The van der Waals surface area contributed by atoms with Gasteiger partial charge >= 0.3 is 12.3 Å². The molecule has 0 aliphatic carbocycles. The number of alkyl halides is 4. The second-order valence-corrected chi connectivity index (χ2v) is 8.31. The number of rotatable bonds is 17. The molecule has 0 amide bonds. The maximum atomic E-state index is 12.7. The van der Waals surface area contributed by atoms with Crippen molar-refractivity contribution >= 4 is 17.6 Å². The minimum Gasteiger partial charge on any atom is -0.376 e. The van der Waals surface area contributed by atoms with Gasteiger partial charge in [-0.3, -0.25) is 0 Å². The average Bonchev–Trinajstić information content (AvgIpc) is 2.56. The lowest BCUT2D eigenvalue weighted by atomic mass is 10.1. The summed E-state index contributed by atoms with van der Waals surface area (Å²) >= 11 is 0. The number of aliphatic hydroxyl groups is 1. The van der Waals surface area contributed by atoms with Crippen molar-refractivity contribution in [1.29, 1.82) is 0 Å². The van der Waals surface area contributed by atoms with Crippen molar-refractivity contribution < 1.29 is 52.6 Å². The molecule has 0 spiro atoms. The Bertz CT molecular complexity index is 322. The van der Waals surface area contributed by atoms with Crippen molar-refractivity contribution in [1.82, 2.24) is 0 Å². The lowest BCUT2D eigenvalue weighted by molar-refractivity contribution is -0.438. The Morgan fingerprint density at radius 3 is 1.56 bits per heavy atom. The molecule has 0 saturated carbocycles. The molecule has 2 unspecified atom stereocenters. The summed E-state index contributed by atoms with van der Waals surface area (Å²) < 4.78 is 57.8. The summed E-state index contributed by atoms with van der Waals surface area (Å²) in [5, 5.41) is 31.7. The van der Waals surface area contributed by atoms with Crippen molar-refractivity contribution in [3.8, 4) is 0 Å². The van der Waals surface area contributed by atoms with Gasteiger partial charge in [-0.05, 0) is 19.3 Å². The molecule has 7 nitrogen and oxygen atoms in total. The maximum Gasteiger partial charge on any atom is 0.307 e. The van der Waals surface area contributed by atoms with E-state index in [0.29, 0.717) is 19.3 Å². The van der Waals surface area contributed by atoms with Crippen LogP contribution >= 0.6 is 17.6 Å². The van der Waals surface area contributed by atoms with Crippen LogP contribution in [0.25, 0.3) is 0 Å². The highest BCUT2D eigenvalue weighted by Crippen LogP contribution is 2.49. The van der Waals surface area contributed by atoms with E-state index in [1.165, 1.54) is 0 Å². The van der Waals surface area contributed by atoms with Crippen molar-refractivity contribution in [3.05, 3.63) is 0 Å². The van der Waals surface area contributed by atoms with E-state index in [1.54, 1.807) is 0 Å². The highest BCUT2D eigenvalue weighted by molar-refractivity contribution is 7.53. The molecule has 25 heavy (non-hydrogen) atoms. The van der Waals surface area contributed by atoms with Crippen LogP contribution in [0.5, 0.6) is 0 Å². The van der Waals surface area contributed by atoms with Gasteiger partial charge in [0.25, 0.3) is 0 Å². The molecular weight excluding hydrogens is 394 g/mol. The van der Waals surface area contributed by atoms with Crippen LogP contribution in [0.3, 0.4) is 0 Å². The lowest BCUT2D eigenvalue weighted by Gasteiger charge is -2.23. The third kappa shape index (κ3) is 13.2. The van der Waals surface area contributed by atoms with Crippen LogP contribution < -0.4 is 0 Å². The van der Waals surface area contributed by atoms with Gasteiger partial charge in [-0.2, -0.15) is 9.35 Å². The predicted molar refractivity (Wildman–Crippen MR) is 83.7 cm³/mol. The van der Waals surface area contributed by atoms with E-state index in [-0.39, 0.29) is 12.8 Å². The Morgan fingerprint density at radius 1 is 0.760 bits per heavy atom. The fraction of sp³-hybridized carbons (Fsp3) is 1.00. The summed E-state index contributed by atoms with van der Waals surface area (Å²) in [5.74, 6) is -3.91. The normalized spacial score (nSPS) is 15.8. The minimum absolute atomic E-state index is 0.0519. The Morgan fingerprint density at radius 2 is 1.16 bits per heavy atom. The van der Waals surface area contributed by atoms with E-state index in [0.717, 1.165) is 19.3 Å². The zero-order chi connectivity index (χ0) is 19.2. The molecule has 0 rings (SSSR count). The van der Waals surface area contributed by atoms with E-state index in [2.05, 4.69) is 19.4 Å². The molecule has 0 fully saturated rings. The molecule has 0 radical (unpaired) electrons. The van der Waals surface area contributed by atoms with Gasteiger partial charge in [-0.1, -0.05) is 42.2 Å². The third-order valence-corrected chi connectivity index (χ3v) is 5.47. The molecule has 152 valence electrons. The SMILES string of the molecule is OOOPC(O)(CCCCCCCCCC(F)(F)C(F)F)POOO. The van der Waals surface area contributed by atoms with E-state index in [9.17, 15) is 22.7 Å². The minimum atomic E-state index is -3.91. The molecule has 0 bridgehead atoms. The van der Waals surface area contributed by atoms with Gasteiger partial charge in [0.05, 0.1) is 17.6 Å². The molecule has 3 N–H and O–H groups in total. The zero-order valence-corrected chi connectivity index (χ0v) is 15.4. The smallest absolute Gasteiger partial charge is 0.307 e. The quantitative estimate of drug-likeness (QED) is 0.0997. The summed E-state index contributed by atoms with van der Waals surface area (Å²) in [6.07, 6.45) is -0.180. The lowest BCUT2D eigenvalue weighted by Crippen LogP contribution is -2.25. The molecule has 0 heterocycles. The van der Waals surface area contributed by atoms with Gasteiger partial charge in [0.2, 0.25) is 0 Å². The highest BCUT2D eigenvalue weighted by Gasteiger charge is 2.39. The van der Waals surface area contributed by atoms with E-state index in [4.69, 9.17) is 10.5 Å². The fourth-order valence-corrected chi connectivity index (χ4v) is 3.36. The second-order valence-electron chi connectivity index (χ2n) is 5.42. The average molecular weight is 418 g/mol. The number of unbranched alkanes of at least 4 members (excludes halogenated alkanes) is 6. The van der Waals surface area contributed by atoms with Crippen LogP contribution in [0.2, 0.25) is 0 Å². The second kappa shape index (κ2) is 14.4. The molecular formula is C12H24F4O7P2. The standard InChI is InChI=1S/C12H24F4O7P2/c13-10(14)11(15,16)8-6-4-2-1-3-5-7-9-12(17,24-22-20-18)25-23-21-19/h10,17-19,24-25H,1-9H2. The number of hydrogen-bond acceptors (Lipinski definition) is 7. The van der Waals surface area contributed by atoms with Crippen molar-refractivity contribution in [3.63, 3.8) is 0 Å². The monoisotopic (exact) mass is 418 g/mol. The zero-order valence-electron chi connectivity index (χ0n) is 13.4. The van der Waals surface area contributed by atoms with Gasteiger partial charge in [0, 0.05) is 6.42 Å². The first-order valence-corrected chi connectivity index (χ1v) is 9.46. The van der Waals surface area contributed by atoms with Crippen LogP contribution in [0.15, 0.2) is 0 Å².